The topological polar surface area (TPSA) is 106 Å². The minimum Gasteiger partial charge on any atom is -0.412 e. The Hall–Kier alpha value is -4.02. The molecule has 2 atom stereocenters. The van der Waals surface area contributed by atoms with Crippen molar-refractivity contribution in [2.75, 3.05) is 22.5 Å². The molecule has 46 heavy (non-hydrogen) atoms. The first-order chi connectivity index (χ1) is 21.9. The molecule has 9 nitrogen and oxygen atoms in total. The van der Waals surface area contributed by atoms with E-state index >= 15 is 0 Å². The highest BCUT2D eigenvalue weighted by Gasteiger charge is 2.44. The molecule has 2 aliphatic rings. The number of rotatable bonds is 8. The maximum atomic E-state index is 7.00. The SMILES string of the molecule is Cc1cc2c(N)nccc2c(C)c1CNc1cc(N2C[C@@H](O[Si](C)(C)C(C)(C)C)C[C@@H]2c2cn3cc(C4CC4)ccc3n2)ncn1. The number of fused-ring (bicyclic) bond motifs is 2. The first-order valence-electron chi connectivity index (χ1n) is 16.5. The molecule has 10 heteroatoms. The summed E-state index contributed by atoms with van der Waals surface area (Å²) < 4.78 is 9.20. The summed E-state index contributed by atoms with van der Waals surface area (Å²) >= 11 is 0. The Labute approximate surface area is 272 Å². The van der Waals surface area contributed by atoms with E-state index in [9.17, 15) is 0 Å². The molecule has 0 amide bonds. The molecule has 4 aromatic heterocycles. The Balaban J connectivity index is 1.18. The van der Waals surface area contributed by atoms with Crippen LogP contribution in [0.2, 0.25) is 18.1 Å². The Morgan fingerprint density at radius 3 is 2.59 bits per heavy atom. The number of nitrogens with zero attached hydrogens (tertiary/aromatic N) is 6. The van der Waals surface area contributed by atoms with Crippen molar-refractivity contribution < 1.29 is 4.43 Å². The molecular weight excluding hydrogens is 589 g/mol. The molecule has 1 saturated heterocycles. The molecule has 5 aromatic rings. The van der Waals surface area contributed by atoms with Crippen LogP contribution < -0.4 is 16.0 Å². The van der Waals surface area contributed by atoms with E-state index in [1.54, 1.807) is 12.5 Å². The van der Waals surface area contributed by atoms with Crippen LogP contribution in [0.25, 0.3) is 16.4 Å². The van der Waals surface area contributed by atoms with Gasteiger partial charge in [0.15, 0.2) is 8.32 Å². The second kappa shape index (κ2) is 11.3. The molecule has 240 valence electrons. The number of aromatic nitrogens is 5. The lowest BCUT2D eigenvalue weighted by Crippen LogP contribution is -2.44. The largest absolute Gasteiger partial charge is 0.412 e. The van der Waals surface area contributed by atoms with Crippen molar-refractivity contribution in [1.82, 2.24) is 24.3 Å². The number of anilines is 3. The number of hydrogen-bond donors (Lipinski definition) is 2. The number of aryl methyl sites for hydroxylation is 2. The highest BCUT2D eigenvalue weighted by atomic mass is 28.4. The minimum atomic E-state index is -1.98. The van der Waals surface area contributed by atoms with E-state index in [0.717, 1.165) is 46.7 Å². The third-order valence-corrected chi connectivity index (χ3v) is 15.1. The molecule has 7 rings (SSSR count). The van der Waals surface area contributed by atoms with Crippen molar-refractivity contribution in [3.63, 3.8) is 0 Å². The van der Waals surface area contributed by atoms with E-state index in [1.807, 2.05) is 6.07 Å². The molecule has 1 aliphatic heterocycles. The van der Waals surface area contributed by atoms with Gasteiger partial charge in [0.2, 0.25) is 0 Å². The standard InChI is InChI=1S/C36H46N8OSi/c1-22-14-28-27(12-13-38-35(28)37)23(2)29(22)17-39-32-16-34(41-21-40-32)44-19-26(45-46(6,7)36(3,4)5)15-31(44)30-20-43-18-25(24-8-9-24)10-11-33(43)42-30/h10-14,16,18,20-21,24,26,31H,8-9,15,17,19H2,1-7H3,(H2,37,38)(H,39,40,41)/t26-,31+/m0/s1. The van der Waals surface area contributed by atoms with Crippen molar-refractivity contribution in [3.05, 3.63) is 83.2 Å². The summed E-state index contributed by atoms with van der Waals surface area (Å²) in [6.07, 6.45) is 11.4. The lowest BCUT2D eigenvalue weighted by atomic mass is 9.96. The average molecular weight is 635 g/mol. The van der Waals surface area contributed by atoms with Crippen LogP contribution in [0.4, 0.5) is 17.5 Å². The number of benzene rings is 1. The Bertz CT molecular complexity index is 1930. The molecule has 3 N–H and O–H groups in total. The quantitative estimate of drug-likeness (QED) is 0.167. The van der Waals surface area contributed by atoms with Gasteiger partial charge in [-0.05, 0) is 96.6 Å². The number of nitrogens with one attached hydrogen (secondary N) is 1. The monoisotopic (exact) mass is 634 g/mol. The van der Waals surface area contributed by atoms with Crippen LogP contribution in [0, 0.1) is 13.8 Å². The first-order valence-corrected chi connectivity index (χ1v) is 19.4. The average Bonchev–Trinajstić information content (AvgIpc) is 3.64. The molecule has 5 heterocycles. The van der Waals surface area contributed by atoms with Crippen LogP contribution in [0.15, 0.2) is 55.2 Å². The molecule has 1 aromatic carbocycles. The summed E-state index contributed by atoms with van der Waals surface area (Å²) in [5.74, 6) is 2.93. The normalized spacial score (nSPS) is 19.0. The fraction of sp³-hybridized carbons (Fsp3) is 0.444. The summed E-state index contributed by atoms with van der Waals surface area (Å²) in [7, 11) is -1.98. The number of hydrogen-bond acceptors (Lipinski definition) is 8. The van der Waals surface area contributed by atoms with Crippen molar-refractivity contribution in [3.8, 4) is 0 Å². The number of pyridine rings is 2. The molecule has 1 saturated carbocycles. The van der Waals surface area contributed by atoms with Crippen LogP contribution in [-0.4, -0.2) is 45.3 Å². The highest BCUT2D eigenvalue weighted by molar-refractivity contribution is 6.74. The van der Waals surface area contributed by atoms with Crippen molar-refractivity contribution in [2.45, 2.75) is 96.6 Å². The van der Waals surface area contributed by atoms with Crippen molar-refractivity contribution >= 4 is 42.2 Å². The summed E-state index contributed by atoms with van der Waals surface area (Å²) in [6, 6.07) is 10.7. The van der Waals surface area contributed by atoms with Crippen LogP contribution >= 0.6 is 0 Å². The molecular formula is C36H46N8OSi. The van der Waals surface area contributed by atoms with Crippen molar-refractivity contribution in [2.24, 2.45) is 0 Å². The van der Waals surface area contributed by atoms with E-state index in [4.69, 9.17) is 20.1 Å². The van der Waals surface area contributed by atoms with E-state index < -0.39 is 8.32 Å². The molecule has 1 aliphatic carbocycles. The third kappa shape index (κ3) is 5.73. The smallest absolute Gasteiger partial charge is 0.192 e. The zero-order valence-electron chi connectivity index (χ0n) is 28.1. The van der Waals surface area contributed by atoms with Gasteiger partial charge < -0.3 is 24.8 Å². The van der Waals surface area contributed by atoms with Gasteiger partial charge in [-0.2, -0.15) is 0 Å². The molecule has 0 bridgehead atoms. The summed E-state index contributed by atoms with van der Waals surface area (Å²) in [5, 5.41) is 5.84. The number of imidazole rings is 1. The fourth-order valence-corrected chi connectivity index (χ4v) is 8.00. The lowest BCUT2D eigenvalue weighted by Gasteiger charge is -2.38. The zero-order valence-corrected chi connectivity index (χ0v) is 29.1. The van der Waals surface area contributed by atoms with Crippen LogP contribution in [0.1, 0.15) is 79.9 Å². The Morgan fingerprint density at radius 1 is 1.02 bits per heavy atom. The Kier molecular flexibility index (Phi) is 7.55. The van der Waals surface area contributed by atoms with Crippen molar-refractivity contribution in [1.29, 1.82) is 0 Å². The molecule has 0 radical (unpaired) electrons. The third-order valence-electron chi connectivity index (χ3n) is 10.5. The first kappa shape index (κ1) is 30.6. The summed E-state index contributed by atoms with van der Waals surface area (Å²) in [4.78, 5) is 21.2. The van der Waals surface area contributed by atoms with Gasteiger partial charge in [-0.15, -0.1) is 0 Å². The fourth-order valence-electron chi connectivity index (χ4n) is 6.64. The van der Waals surface area contributed by atoms with E-state index in [0.29, 0.717) is 18.3 Å². The van der Waals surface area contributed by atoms with E-state index in [2.05, 4.69) is 109 Å². The van der Waals surface area contributed by atoms with Gasteiger partial charge in [0, 0.05) is 49.6 Å². The van der Waals surface area contributed by atoms with Gasteiger partial charge in [-0.1, -0.05) is 26.8 Å². The lowest BCUT2D eigenvalue weighted by molar-refractivity contribution is 0.198. The van der Waals surface area contributed by atoms with E-state index in [-0.39, 0.29) is 17.2 Å². The maximum absolute atomic E-state index is 7.00. The van der Waals surface area contributed by atoms with Gasteiger partial charge >= 0.3 is 0 Å². The zero-order chi connectivity index (χ0) is 32.4. The van der Waals surface area contributed by atoms with Crippen LogP contribution in [0.3, 0.4) is 0 Å². The number of nitrogen functional groups attached to an aromatic ring is 1. The second-order valence-electron chi connectivity index (χ2n) is 14.8. The summed E-state index contributed by atoms with van der Waals surface area (Å²) in [6.45, 7) is 17.3. The predicted octanol–water partition coefficient (Wildman–Crippen LogP) is 7.70. The van der Waals surface area contributed by atoms with Gasteiger partial charge in [0.25, 0.3) is 0 Å². The highest BCUT2D eigenvalue weighted by Crippen LogP contribution is 2.43. The van der Waals surface area contributed by atoms with Gasteiger partial charge in [-0.3, -0.25) is 0 Å². The maximum Gasteiger partial charge on any atom is 0.192 e. The van der Waals surface area contributed by atoms with E-state index in [1.165, 1.54) is 35.1 Å². The summed E-state index contributed by atoms with van der Waals surface area (Å²) in [5.41, 5.74) is 13.2. The van der Waals surface area contributed by atoms with Crippen LogP contribution in [0.5, 0.6) is 0 Å². The number of nitrogens with two attached hydrogens (primary N) is 1. The van der Waals surface area contributed by atoms with Gasteiger partial charge in [0.05, 0.1) is 17.8 Å². The molecule has 0 spiro atoms. The van der Waals surface area contributed by atoms with Gasteiger partial charge in [-0.25, -0.2) is 19.9 Å². The Morgan fingerprint density at radius 2 is 1.83 bits per heavy atom. The molecule has 2 fully saturated rings. The van der Waals surface area contributed by atoms with Gasteiger partial charge in [0.1, 0.15) is 29.4 Å². The predicted molar refractivity (Wildman–Crippen MR) is 189 cm³/mol. The van der Waals surface area contributed by atoms with Crippen LogP contribution in [-0.2, 0) is 11.0 Å². The second-order valence-corrected chi connectivity index (χ2v) is 19.5. The minimum absolute atomic E-state index is 0.0471. The molecule has 0 unspecified atom stereocenters.